The second kappa shape index (κ2) is 5.44. The number of hydrogen-bond acceptors (Lipinski definition) is 1. The van der Waals surface area contributed by atoms with Crippen molar-refractivity contribution in [3.63, 3.8) is 0 Å². The molecule has 0 aliphatic heterocycles. The van der Waals surface area contributed by atoms with Crippen molar-refractivity contribution in [1.29, 1.82) is 0 Å². The number of allylic oxidation sites excluding steroid dienone is 1. The predicted molar refractivity (Wildman–Crippen MR) is 59.5 cm³/mol. The Morgan fingerprint density at radius 2 is 2.27 bits per heavy atom. The van der Waals surface area contributed by atoms with E-state index in [0.717, 1.165) is 18.4 Å². The molecule has 0 N–H and O–H groups in total. The molecule has 0 heterocycles. The molecule has 1 aromatic carbocycles. The highest BCUT2D eigenvalue weighted by Gasteiger charge is 2.10. The Hall–Kier alpha value is -1.44. The van der Waals surface area contributed by atoms with Gasteiger partial charge in [-0.05, 0) is 37.5 Å². The van der Waals surface area contributed by atoms with Crippen molar-refractivity contribution in [3.05, 3.63) is 47.8 Å². The molecule has 0 amide bonds. The van der Waals surface area contributed by atoms with Gasteiger partial charge in [-0.3, -0.25) is 4.79 Å². The Labute approximate surface area is 89.6 Å². The second-order valence-corrected chi connectivity index (χ2v) is 3.59. The largest absolute Gasteiger partial charge is 0.294 e. The molecule has 0 bridgehead atoms. The molecule has 0 radical (unpaired) electrons. The summed E-state index contributed by atoms with van der Waals surface area (Å²) in [5.41, 5.74) is 1.03. The number of halogens is 1. The molecule has 1 nitrogen and oxygen atoms in total. The molecule has 80 valence electrons. The number of rotatable bonds is 5. The maximum Gasteiger partial charge on any atom is 0.165 e. The van der Waals surface area contributed by atoms with Crippen molar-refractivity contribution in [2.24, 2.45) is 0 Å². The van der Waals surface area contributed by atoms with Gasteiger partial charge in [0.25, 0.3) is 0 Å². The van der Waals surface area contributed by atoms with Crippen LogP contribution in [0, 0.1) is 12.7 Å². The van der Waals surface area contributed by atoms with Crippen LogP contribution in [0.5, 0.6) is 0 Å². The smallest absolute Gasteiger partial charge is 0.165 e. The van der Waals surface area contributed by atoms with Crippen LogP contribution in [0.25, 0.3) is 0 Å². The monoisotopic (exact) mass is 206 g/mol. The van der Waals surface area contributed by atoms with Crippen LogP contribution in [0.3, 0.4) is 0 Å². The molecule has 0 saturated carbocycles. The summed E-state index contributed by atoms with van der Waals surface area (Å²) in [7, 11) is 0. The summed E-state index contributed by atoms with van der Waals surface area (Å²) >= 11 is 0. The third kappa shape index (κ3) is 3.31. The van der Waals surface area contributed by atoms with Gasteiger partial charge in [0.2, 0.25) is 0 Å². The van der Waals surface area contributed by atoms with Crippen LogP contribution in [-0.4, -0.2) is 5.78 Å². The first-order valence-electron chi connectivity index (χ1n) is 5.05. The van der Waals surface area contributed by atoms with E-state index < -0.39 is 5.82 Å². The summed E-state index contributed by atoms with van der Waals surface area (Å²) in [5, 5.41) is 0. The molecule has 0 unspecified atom stereocenters. The van der Waals surface area contributed by atoms with E-state index in [-0.39, 0.29) is 11.3 Å². The maximum atomic E-state index is 13.4. The SMILES string of the molecule is C=CCCCC(=O)c1ccc(C)cc1F. The van der Waals surface area contributed by atoms with Gasteiger partial charge in [-0.1, -0.05) is 12.1 Å². The average molecular weight is 206 g/mol. The van der Waals surface area contributed by atoms with Gasteiger partial charge < -0.3 is 0 Å². The summed E-state index contributed by atoms with van der Waals surface area (Å²) in [4.78, 5) is 11.6. The number of carbonyl (C=O) groups excluding carboxylic acids is 1. The highest BCUT2D eigenvalue weighted by Crippen LogP contribution is 2.13. The van der Waals surface area contributed by atoms with Crippen LogP contribution >= 0.6 is 0 Å². The average Bonchev–Trinajstić information content (AvgIpc) is 2.17. The van der Waals surface area contributed by atoms with Crippen molar-refractivity contribution >= 4 is 5.78 Å². The van der Waals surface area contributed by atoms with Gasteiger partial charge in [0, 0.05) is 6.42 Å². The van der Waals surface area contributed by atoms with Gasteiger partial charge in [-0.15, -0.1) is 6.58 Å². The molecule has 0 fully saturated rings. The molecule has 15 heavy (non-hydrogen) atoms. The summed E-state index contributed by atoms with van der Waals surface area (Å²) < 4.78 is 13.4. The lowest BCUT2D eigenvalue weighted by Gasteiger charge is -2.02. The van der Waals surface area contributed by atoms with Crippen molar-refractivity contribution in [2.75, 3.05) is 0 Å². The predicted octanol–water partition coefficient (Wildman–Crippen LogP) is 3.67. The maximum absolute atomic E-state index is 13.4. The first kappa shape index (κ1) is 11.6. The van der Waals surface area contributed by atoms with Crippen LogP contribution in [-0.2, 0) is 0 Å². The molecule has 2 heteroatoms. The molecule has 1 rings (SSSR count). The van der Waals surface area contributed by atoms with E-state index in [9.17, 15) is 9.18 Å². The Kier molecular flexibility index (Phi) is 4.22. The van der Waals surface area contributed by atoms with E-state index in [2.05, 4.69) is 6.58 Å². The lowest BCUT2D eigenvalue weighted by atomic mass is 10.0. The number of hydrogen-bond donors (Lipinski definition) is 0. The van der Waals surface area contributed by atoms with Crippen LogP contribution in [0.15, 0.2) is 30.9 Å². The van der Waals surface area contributed by atoms with Crippen molar-refractivity contribution in [1.82, 2.24) is 0 Å². The molecule has 0 aliphatic carbocycles. The van der Waals surface area contributed by atoms with Gasteiger partial charge in [0.05, 0.1) is 5.56 Å². The summed E-state index contributed by atoms with van der Waals surface area (Å²) in [6.45, 7) is 5.37. The normalized spacial score (nSPS) is 10.0. The van der Waals surface area contributed by atoms with E-state index in [1.54, 1.807) is 25.1 Å². The topological polar surface area (TPSA) is 17.1 Å². The number of benzene rings is 1. The molecule has 0 saturated heterocycles. The molecular weight excluding hydrogens is 191 g/mol. The lowest BCUT2D eigenvalue weighted by molar-refractivity contribution is 0.0976. The minimum Gasteiger partial charge on any atom is -0.294 e. The highest BCUT2D eigenvalue weighted by atomic mass is 19.1. The van der Waals surface area contributed by atoms with Crippen molar-refractivity contribution < 1.29 is 9.18 Å². The first-order chi connectivity index (χ1) is 7.15. The fraction of sp³-hybridized carbons (Fsp3) is 0.308. The van der Waals surface area contributed by atoms with E-state index in [0.29, 0.717) is 6.42 Å². The summed E-state index contributed by atoms with van der Waals surface area (Å²) in [5.74, 6) is -0.548. The van der Waals surface area contributed by atoms with E-state index in [1.165, 1.54) is 6.07 Å². The lowest BCUT2D eigenvalue weighted by Crippen LogP contribution is -2.02. The van der Waals surface area contributed by atoms with Gasteiger partial charge in [0.1, 0.15) is 5.82 Å². The van der Waals surface area contributed by atoms with Gasteiger partial charge in [0.15, 0.2) is 5.78 Å². The van der Waals surface area contributed by atoms with E-state index in [1.807, 2.05) is 0 Å². The Balaban J connectivity index is 2.69. The zero-order chi connectivity index (χ0) is 11.3. The number of carbonyl (C=O) groups is 1. The molecule has 0 aromatic heterocycles. The molecular formula is C13H15FO. The van der Waals surface area contributed by atoms with E-state index >= 15 is 0 Å². The zero-order valence-electron chi connectivity index (χ0n) is 8.92. The minimum absolute atomic E-state index is 0.130. The Bertz CT molecular complexity index is 369. The van der Waals surface area contributed by atoms with Crippen molar-refractivity contribution in [2.45, 2.75) is 26.2 Å². The zero-order valence-corrected chi connectivity index (χ0v) is 8.92. The second-order valence-electron chi connectivity index (χ2n) is 3.59. The quantitative estimate of drug-likeness (QED) is 0.408. The number of aryl methyl sites for hydroxylation is 1. The molecule has 0 atom stereocenters. The molecule has 0 aliphatic rings. The third-order valence-corrected chi connectivity index (χ3v) is 2.24. The first-order valence-corrected chi connectivity index (χ1v) is 5.05. The number of ketones is 1. The minimum atomic E-state index is -0.418. The van der Waals surface area contributed by atoms with E-state index in [4.69, 9.17) is 0 Å². The standard InChI is InChI=1S/C13H15FO/c1-3-4-5-6-13(15)11-8-7-10(2)9-12(11)14/h3,7-9H,1,4-6H2,2H3. The fourth-order valence-electron chi connectivity index (χ4n) is 1.39. The summed E-state index contributed by atoms with van der Waals surface area (Å²) in [6, 6.07) is 4.70. The van der Waals surface area contributed by atoms with Crippen LogP contribution < -0.4 is 0 Å². The third-order valence-electron chi connectivity index (χ3n) is 2.24. The Morgan fingerprint density at radius 1 is 1.53 bits per heavy atom. The highest BCUT2D eigenvalue weighted by molar-refractivity contribution is 5.96. The number of Topliss-reactive ketones (excluding diaryl/α,β-unsaturated/α-hetero) is 1. The van der Waals surface area contributed by atoms with Crippen LogP contribution in [0.2, 0.25) is 0 Å². The Morgan fingerprint density at radius 3 is 2.87 bits per heavy atom. The molecule has 0 spiro atoms. The van der Waals surface area contributed by atoms with Gasteiger partial charge in [-0.2, -0.15) is 0 Å². The van der Waals surface area contributed by atoms with Gasteiger partial charge in [-0.25, -0.2) is 4.39 Å². The summed E-state index contributed by atoms with van der Waals surface area (Å²) in [6.07, 6.45) is 3.67. The number of unbranched alkanes of at least 4 members (excludes halogenated alkanes) is 1. The van der Waals surface area contributed by atoms with Crippen LogP contribution in [0.4, 0.5) is 4.39 Å². The van der Waals surface area contributed by atoms with Gasteiger partial charge >= 0.3 is 0 Å². The fourth-order valence-corrected chi connectivity index (χ4v) is 1.39. The molecule has 1 aromatic rings. The van der Waals surface area contributed by atoms with Crippen LogP contribution in [0.1, 0.15) is 35.2 Å². The van der Waals surface area contributed by atoms with Crippen molar-refractivity contribution in [3.8, 4) is 0 Å².